The van der Waals surface area contributed by atoms with Crippen molar-refractivity contribution in [2.24, 2.45) is 5.10 Å². The lowest BCUT2D eigenvalue weighted by molar-refractivity contribution is 0.284. The SMILES string of the molecule is COc1ccc(/C=N\n2c(-c3ccccc3Cl)n[nH]c2=S)cc1OCc1ccccc1. The molecule has 4 aromatic rings. The first kappa shape index (κ1) is 20.8. The average Bonchev–Trinajstić information content (AvgIpc) is 3.17. The predicted octanol–water partition coefficient (Wildman–Crippen LogP) is 5.73. The van der Waals surface area contributed by atoms with Gasteiger partial charge in [-0.25, -0.2) is 5.10 Å². The summed E-state index contributed by atoms with van der Waals surface area (Å²) in [4.78, 5) is 0. The van der Waals surface area contributed by atoms with Crippen LogP contribution >= 0.6 is 23.8 Å². The highest BCUT2D eigenvalue weighted by Gasteiger charge is 2.11. The van der Waals surface area contributed by atoms with Crippen LogP contribution in [-0.2, 0) is 6.61 Å². The third-order valence-electron chi connectivity index (χ3n) is 4.51. The molecule has 1 aromatic heterocycles. The molecular weight excluding hydrogens is 432 g/mol. The molecule has 0 amide bonds. The van der Waals surface area contributed by atoms with Crippen molar-refractivity contribution in [2.45, 2.75) is 6.61 Å². The normalized spacial score (nSPS) is 11.0. The maximum Gasteiger partial charge on any atom is 0.216 e. The minimum atomic E-state index is 0.361. The van der Waals surface area contributed by atoms with Crippen molar-refractivity contribution in [1.82, 2.24) is 14.9 Å². The van der Waals surface area contributed by atoms with Crippen molar-refractivity contribution in [3.8, 4) is 22.9 Å². The molecule has 6 nitrogen and oxygen atoms in total. The number of benzene rings is 3. The fraction of sp³-hybridized carbons (Fsp3) is 0.0870. The van der Waals surface area contributed by atoms with Gasteiger partial charge in [0.15, 0.2) is 17.3 Å². The van der Waals surface area contributed by atoms with Crippen molar-refractivity contribution in [1.29, 1.82) is 0 Å². The van der Waals surface area contributed by atoms with Crippen LogP contribution in [0.1, 0.15) is 11.1 Å². The van der Waals surface area contributed by atoms with Crippen molar-refractivity contribution in [3.05, 3.63) is 93.7 Å². The Bertz CT molecular complexity index is 1270. The largest absolute Gasteiger partial charge is 0.493 e. The van der Waals surface area contributed by atoms with Crippen LogP contribution in [0.25, 0.3) is 11.4 Å². The average molecular weight is 451 g/mol. The van der Waals surface area contributed by atoms with E-state index in [9.17, 15) is 0 Å². The summed E-state index contributed by atoms with van der Waals surface area (Å²) < 4.78 is 13.3. The molecule has 0 aliphatic heterocycles. The minimum absolute atomic E-state index is 0.361. The molecule has 0 unspecified atom stereocenters. The van der Waals surface area contributed by atoms with Gasteiger partial charge in [0.1, 0.15) is 6.61 Å². The lowest BCUT2D eigenvalue weighted by Crippen LogP contribution is -1.99. The zero-order valence-corrected chi connectivity index (χ0v) is 18.2. The van der Waals surface area contributed by atoms with Crippen LogP contribution < -0.4 is 9.47 Å². The fourth-order valence-electron chi connectivity index (χ4n) is 2.96. The molecule has 8 heteroatoms. The topological polar surface area (TPSA) is 64.4 Å². The molecule has 0 aliphatic carbocycles. The Hall–Kier alpha value is -3.42. The number of aromatic nitrogens is 3. The van der Waals surface area contributed by atoms with Crippen LogP contribution in [0.5, 0.6) is 11.5 Å². The predicted molar refractivity (Wildman–Crippen MR) is 125 cm³/mol. The summed E-state index contributed by atoms with van der Waals surface area (Å²) in [5, 5.41) is 12.1. The van der Waals surface area contributed by atoms with Gasteiger partial charge in [0.2, 0.25) is 4.77 Å². The Kier molecular flexibility index (Phi) is 6.45. The van der Waals surface area contributed by atoms with E-state index in [1.54, 1.807) is 19.4 Å². The minimum Gasteiger partial charge on any atom is -0.493 e. The first-order valence-corrected chi connectivity index (χ1v) is 10.3. The highest BCUT2D eigenvalue weighted by molar-refractivity contribution is 7.71. The van der Waals surface area contributed by atoms with Gasteiger partial charge < -0.3 is 9.47 Å². The lowest BCUT2D eigenvalue weighted by Gasteiger charge is -2.11. The van der Waals surface area contributed by atoms with Crippen LogP contribution in [0.15, 0.2) is 77.9 Å². The molecule has 0 spiro atoms. The molecule has 0 aliphatic rings. The summed E-state index contributed by atoms with van der Waals surface area (Å²) in [5.74, 6) is 1.79. The third-order valence-corrected chi connectivity index (χ3v) is 5.11. The van der Waals surface area contributed by atoms with E-state index in [4.69, 9.17) is 33.3 Å². The number of ether oxygens (including phenoxy) is 2. The van der Waals surface area contributed by atoms with E-state index in [0.29, 0.717) is 33.7 Å². The molecule has 4 rings (SSSR count). The summed E-state index contributed by atoms with van der Waals surface area (Å²) in [6.07, 6.45) is 1.68. The van der Waals surface area contributed by atoms with Gasteiger partial charge in [0.25, 0.3) is 0 Å². The molecule has 1 heterocycles. The Morgan fingerprint density at radius 1 is 1.06 bits per heavy atom. The van der Waals surface area contributed by atoms with Crippen molar-refractivity contribution in [2.75, 3.05) is 7.11 Å². The maximum atomic E-state index is 6.31. The van der Waals surface area contributed by atoms with E-state index in [1.807, 2.05) is 66.7 Å². The summed E-state index contributed by atoms with van der Waals surface area (Å²) in [5.41, 5.74) is 2.62. The number of halogens is 1. The van der Waals surface area contributed by atoms with E-state index in [1.165, 1.54) is 4.68 Å². The molecular formula is C23H19ClN4O2S. The molecule has 0 fully saturated rings. The van der Waals surface area contributed by atoms with Gasteiger partial charge in [-0.15, -0.1) is 0 Å². The number of nitrogens with one attached hydrogen (secondary N) is 1. The Labute approximate surface area is 189 Å². The van der Waals surface area contributed by atoms with Crippen LogP contribution in [0.4, 0.5) is 0 Å². The summed E-state index contributed by atoms with van der Waals surface area (Å²) >= 11 is 11.6. The zero-order chi connectivity index (χ0) is 21.6. The number of nitrogens with zero attached hydrogens (tertiary/aromatic N) is 3. The monoisotopic (exact) mass is 450 g/mol. The van der Waals surface area contributed by atoms with Gasteiger partial charge in [-0.05, 0) is 53.7 Å². The number of methoxy groups -OCH3 is 1. The molecule has 0 radical (unpaired) electrons. The van der Waals surface area contributed by atoms with Crippen LogP contribution in [0.2, 0.25) is 5.02 Å². The molecule has 1 N–H and O–H groups in total. The molecule has 0 saturated heterocycles. The summed E-state index contributed by atoms with van der Waals surface area (Å²) in [6.45, 7) is 0.432. The van der Waals surface area contributed by atoms with E-state index in [-0.39, 0.29) is 0 Å². The second-order valence-electron chi connectivity index (χ2n) is 6.57. The first-order valence-electron chi connectivity index (χ1n) is 9.47. The van der Waals surface area contributed by atoms with Crippen molar-refractivity contribution >= 4 is 30.0 Å². The molecule has 3 aromatic carbocycles. The van der Waals surface area contributed by atoms with E-state index < -0.39 is 0 Å². The highest BCUT2D eigenvalue weighted by atomic mass is 35.5. The highest BCUT2D eigenvalue weighted by Crippen LogP contribution is 2.29. The third kappa shape index (κ3) is 4.84. The smallest absolute Gasteiger partial charge is 0.216 e. The number of hydrogen-bond donors (Lipinski definition) is 1. The lowest BCUT2D eigenvalue weighted by atomic mass is 10.2. The number of hydrogen-bond acceptors (Lipinski definition) is 5. The van der Waals surface area contributed by atoms with Gasteiger partial charge in [0, 0.05) is 5.56 Å². The summed E-state index contributed by atoms with van der Waals surface area (Å²) in [6, 6.07) is 22.9. The molecule has 0 bridgehead atoms. The van der Waals surface area contributed by atoms with Crippen LogP contribution in [0.3, 0.4) is 0 Å². The number of rotatable bonds is 7. The van der Waals surface area contributed by atoms with E-state index in [0.717, 1.165) is 16.7 Å². The van der Waals surface area contributed by atoms with Crippen LogP contribution in [-0.4, -0.2) is 28.2 Å². The van der Waals surface area contributed by atoms with Crippen molar-refractivity contribution in [3.63, 3.8) is 0 Å². The Morgan fingerprint density at radius 2 is 1.84 bits per heavy atom. The molecule has 156 valence electrons. The second kappa shape index (κ2) is 9.59. The van der Waals surface area contributed by atoms with Gasteiger partial charge in [0.05, 0.1) is 18.3 Å². The quantitative estimate of drug-likeness (QED) is 0.288. The van der Waals surface area contributed by atoms with E-state index >= 15 is 0 Å². The molecule has 0 atom stereocenters. The Morgan fingerprint density at radius 3 is 2.61 bits per heavy atom. The maximum absolute atomic E-state index is 6.31. The zero-order valence-electron chi connectivity index (χ0n) is 16.7. The standard InChI is InChI=1S/C23H19ClN4O2S/c1-29-20-12-11-17(13-21(20)30-15-16-7-3-2-4-8-16)14-25-28-22(26-27-23(28)31)18-9-5-6-10-19(18)24/h2-14H,15H2,1H3,(H,27,31)/b25-14-. The number of aromatic amines is 1. The van der Waals surface area contributed by atoms with Crippen LogP contribution in [0, 0.1) is 4.77 Å². The van der Waals surface area contributed by atoms with Crippen molar-refractivity contribution < 1.29 is 9.47 Å². The fourth-order valence-corrected chi connectivity index (χ4v) is 3.36. The van der Waals surface area contributed by atoms with Gasteiger partial charge in [-0.3, -0.25) is 0 Å². The van der Waals surface area contributed by atoms with Gasteiger partial charge in [-0.2, -0.15) is 14.9 Å². The molecule has 31 heavy (non-hydrogen) atoms. The van der Waals surface area contributed by atoms with E-state index in [2.05, 4.69) is 15.3 Å². The number of H-pyrrole nitrogens is 1. The molecule has 0 saturated carbocycles. The van der Waals surface area contributed by atoms with Gasteiger partial charge >= 0.3 is 0 Å². The Balaban J connectivity index is 1.61. The first-order chi connectivity index (χ1) is 15.2. The second-order valence-corrected chi connectivity index (χ2v) is 7.37. The van der Waals surface area contributed by atoms with Gasteiger partial charge in [-0.1, -0.05) is 54.1 Å². The summed E-state index contributed by atoms with van der Waals surface area (Å²) in [7, 11) is 1.61.